The molecule has 1 amide bonds. The van der Waals surface area contributed by atoms with Crippen LogP contribution in [-0.2, 0) is 27.4 Å². The summed E-state index contributed by atoms with van der Waals surface area (Å²) >= 11 is 0. The lowest BCUT2D eigenvalue weighted by Crippen LogP contribution is -2.55. The Morgan fingerprint density at radius 2 is 1.96 bits per heavy atom. The average molecular weight is 383 g/mol. The van der Waals surface area contributed by atoms with Crippen molar-refractivity contribution < 1.29 is 27.4 Å². The summed E-state index contributed by atoms with van der Waals surface area (Å²) in [6, 6.07) is 6.49. The van der Waals surface area contributed by atoms with Crippen LogP contribution >= 0.6 is 12.4 Å². The van der Waals surface area contributed by atoms with Gasteiger partial charge in [-0.25, -0.2) is 0 Å². The van der Waals surface area contributed by atoms with Gasteiger partial charge in [0, 0.05) is 13.1 Å². The number of rotatable bonds is 6. The fourth-order valence-electron chi connectivity index (χ4n) is 2.36. The average Bonchev–Trinajstić information content (AvgIpc) is 2.53. The zero-order valence-electron chi connectivity index (χ0n) is 13.8. The summed E-state index contributed by atoms with van der Waals surface area (Å²) in [6.07, 6.45) is -4.51. The van der Waals surface area contributed by atoms with Gasteiger partial charge in [-0.15, -0.1) is 12.4 Å². The van der Waals surface area contributed by atoms with E-state index in [9.17, 15) is 18.0 Å². The summed E-state index contributed by atoms with van der Waals surface area (Å²) in [5.74, 6) is -0.139. The molecule has 0 spiro atoms. The Kier molecular flexibility index (Phi) is 8.64. The van der Waals surface area contributed by atoms with Crippen LogP contribution in [0.2, 0.25) is 0 Å². The van der Waals surface area contributed by atoms with Gasteiger partial charge >= 0.3 is 6.18 Å². The van der Waals surface area contributed by atoms with E-state index in [1.165, 1.54) is 0 Å². The molecule has 2 rings (SSSR count). The van der Waals surface area contributed by atoms with E-state index in [-0.39, 0.29) is 37.1 Å². The van der Waals surface area contributed by atoms with E-state index < -0.39 is 12.8 Å². The molecule has 1 heterocycles. The van der Waals surface area contributed by atoms with Gasteiger partial charge in [-0.2, -0.15) is 13.2 Å². The topological polar surface area (TPSA) is 59.6 Å². The molecular weight excluding hydrogens is 361 g/mol. The molecule has 0 bridgehead atoms. The molecular formula is C16H22ClF3N2O3. The number of carbonyl (C=O) groups is 1. The van der Waals surface area contributed by atoms with Crippen molar-refractivity contribution in [2.24, 2.45) is 0 Å². The molecule has 0 aliphatic carbocycles. The SMILES string of the molecule is C[C@H]1OCCN[C@@H]1C(=O)NCc1ccc(COCC(F)(F)F)cc1.Cl. The van der Waals surface area contributed by atoms with Crippen LogP contribution in [0.25, 0.3) is 0 Å². The van der Waals surface area contributed by atoms with Crippen molar-refractivity contribution in [1.82, 2.24) is 10.6 Å². The molecule has 1 saturated heterocycles. The Bertz CT molecular complexity index is 540. The van der Waals surface area contributed by atoms with E-state index >= 15 is 0 Å². The highest BCUT2D eigenvalue weighted by Crippen LogP contribution is 2.16. The zero-order chi connectivity index (χ0) is 17.6. The molecule has 1 aliphatic rings. The minimum Gasteiger partial charge on any atom is -0.375 e. The second kappa shape index (κ2) is 9.96. The summed E-state index contributed by atoms with van der Waals surface area (Å²) in [5, 5.41) is 5.92. The van der Waals surface area contributed by atoms with Crippen molar-refractivity contribution in [2.75, 3.05) is 19.8 Å². The molecule has 0 radical (unpaired) electrons. The Morgan fingerprint density at radius 1 is 1.32 bits per heavy atom. The molecule has 9 heteroatoms. The Labute approximate surface area is 150 Å². The van der Waals surface area contributed by atoms with Crippen molar-refractivity contribution >= 4 is 18.3 Å². The van der Waals surface area contributed by atoms with Crippen LogP contribution in [0, 0.1) is 0 Å². The predicted octanol–water partition coefficient (Wildman–Crippen LogP) is 2.18. The monoisotopic (exact) mass is 382 g/mol. The number of alkyl halides is 3. The minimum atomic E-state index is -4.32. The van der Waals surface area contributed by atoms with Crippen molar-refractivity contribution in [3.05, 3.63) is 35.4 Å². The molecule has 1 aromatic carbocycles. The highest BCUT2D eigenvalue weighted by molar-refractivity contribution is 5.85. The fraction of sp³-hybridized carbons (Fsp3) is 0.562. The summed E-state index contributed by atoms with van der Waals surface area (Å²) in [4.78, 5) is 12.1. The molecule has 2 N–H and O–H groups in total. The van der Waals surface area contributed by atoms with E-state index in [2.05, 4.69) is 15.4 Å². The van der Waals surface area contributed by atoms with Crippen molar-refractivity contribution in [1.29, 1.82) is 0 Å². The summed E-state index contributed by atoms with van der Waals surface area (Å²) in [6.45, 7) is 2.03. The molecule has 25 heavy (non-hydrogen) atoms. The lowest BCUT2D eigenvalue weighted by molar-refractivity contribution is -0.176. The van der Waals surface area contributed by atoms with Crippen LogP contribution < -0.4 is 10.6 Å². The molecule has 0 aromatic heterocycles. The number of carbonyl (C=O) groups excluding carboxylic acids is 1. The third-order valence-corrected chi connectivity index (χ3v) is 3.62. The van der Waals surface area contributed by atoms with Crippen LogP contribution in [0.15, 0.2) is 24.3 Å². The second-order valence-corrected chi connectivity index (χ2v) is 5.65. The van der Waals surface area contributed by atoms with Gasteiger partial charge in [-0.3, -0.25) is 4.79 Å². The van der Waals surface area contributed by atoms with Gasteiger partial charge in [0.2, 0.25) is 5.91 Å². The molecule has 1 fully saturated rings. The molecule has 1 aliphatic heterocycles. The quantitative estimate of drug-likeness (QED) is 0.791. The highest BCUT2D eigenvalue weighted by atomic mass is 35.5. The fourth-order valence-corrected chi connectivity index (χ4v) is 2.36. The normalized spacial score (nSPS) is 20.6. The Hall–Kier alpha value is -1.35. The molecule has 2 atom stereocenters. The van der Waals surface area contributed by atoms with Gasteiger partial charge in [0.25, 0.3) is 0 Å². The number of amides is 1. The highest BCUT2D eigenvalue weighted by Gasteiger charge is 2.28. The standard InChI is InChI=1S/C16H21F3N2O3.ClH/c1-11-14(20-6-7-24-11)15(22)21-8-12-2-4-13(5-3-12)9-23-10-16(17,18)19;/h2-5,11,14,20H,6-10H2,1H3,(H,21,22);1H/t11-,14+;/m1./s1. The molecule has 1 aromatic rings. The molecule has 142 valence electrons. The van der Waals surface area contributed by atoms with Gasteiger partial charge in [-0.1, -0.05) is 24.3 Å². The maximum absolute atomic E-state index is 12.1. The zero-order valence-corrected chi connectivity index (χ0v) is 14.6. The summed E-state index contributed by atoms with van der Waals surface area (Å²) in [5.41, 5.74) is 1.50. The number of hydrogen-bond acceptors (Lipinski definition) is 4. The van der Waals surface area contributed by atoms with Crippen molar-refractivity contribution in [3.8, 4) is 0 Å². The van der Waals surface area contributed by atoms with E-state index in [1.54, 1.807) is 24.3 Å². The van der Waals surface area contributed by atoms with Crippen LogP contribution in [0.3, 0.4) is 0 Å². The van der Waals surface area contributed by atoms with Crippen LogP contribution in [0.4, 0.5) is 13.2 Å². The van der Waals surface area contributed by atoms with Gasteiger partial charge in [-0.05, 0) is 18.1 Å². The van der Waals surface area contributed by atoms with E-state index in [0.717, 1.165) is 5.56 Å². The lowest BCUT2D eigenvalue weighted by atomic mass is 10.1. The third kappa shape index (κ3) is 7.60. The molecule has 5 nitrogen and oxygen atoms in total. The first-order chi connectivity index (χ1) is 11.3. The number of halogens is 4. The van der Waals surface area contributed by atoms with E-state index in [1.807, 2.05) is 6.92 Å². The summed E-state index contributed by atoms with van der Waals surface area (Å²) in [7, 11) is 0. The maximum atomic E-state index is 12.1. The van der Waals surface area contributed by atoms with Gasteiger partial charge < -0.3 is 20.1 Å². The first-order valence-electron chi connectivity index (χ1n) is 7.70. The van der Waals surface area contributed by atoms with Gasteiger partial charge in [0.15, 0.2) is 0 Å². The van der Waals surface area contributed by atoms with Crippen molar-refractivity contribution in [2.45, 2.75) is 38.4 Å². The van der Waals surface area contributed by atoms with Crippen LogP contribution in [0.1, 0.15) is 18.1 Å². The van der Waals surface area contributed by atoms with Crippen LogP contribution in [-0.4, -0.2) is 44.0 Å². The maximum Gasteiger partial charge on any atom is 0.411 e. The third-order valence-electron chi connectivity index (χ3n) is 3.62. The predicted molar refractivity (Wildman–Crippen MR) is 88.5 cm³/mol. The number of benzene rings is 1. The number of nitrogens with one attached hydrogen (secondary N) is 2. The first kappa shape index (κ1) is 21.7. The lowest BCUT2D eigenvalue weighted by Gasteiger charge is -2.29. The Morgan fingerprint density at radius 3 is 2.56 bits per heavy atom. The van der Waals surface area contributed by atoms with Gasteiger partial charge in [0.05, 0.1) is 19.3 Å². The smallest absolute Gasteiger partial charge is 0.375 e. The van der Waals surface area contributed by atoms with Crippen molar-refractivity contribution in [3.63, 3.8) is 0 Å². The number of morpholine rings is 1. The molecule has 0 unspecified atom stereocenters. The largest absolute Gasteiger partial charge is 0.411 e. The summed E-state index contributed by atoms with van der Waals surface area (Å²) < 4.78 is 46.0. The number of hydrogen-bond donors (Lipinski definition) is 2. The second-order valence-electron chi connectivity index (χ2n) is 5.65. The van der Waals surface area contributed by atoms with Gasteiger partial charge in [0.1, 0.15) is 12.6 Å². The van der Waals surface area contributed by atoms with Crippen LogP contribution in [0.5, 0.6) is 0 Å². The number of ether oxygens (including phenoxy) is 2. The van der Waals surface area contributed by atoms with E-state index in [0.29, 0.717) is 25.3 Å². The first-order valence-corrected chi connectivity index (χ1v) is 7.70. The minimum absolute atomic E-state index is 0. The molecule has 0 saturated carbocycles. The van der Waals surface area contributed by atoms with E-state index in [4.69, 9.17) is 4.74 Å². The Balaban J connectivity index is 0.00000312.